The molecule has 4 nitrogen and oxygen atoms in total. The molecule has 0 saturated heterocycles. The number of nitrogens with zero attached hydrogens (tertiary/aromatic N) is 1. The molecule has 180 valence electrons. The highest BCUT2D eigenvalue weighted by Gasteiger charge is 2.67. The van der Waals surface area contributed by atoms with Crippen molar-refractivity contribution >= 4 is 16.8 Å². The van der Waals surface area contributed by atoms with Gasteiger partial charge in [-0.1, -0.05) is 38.2 Å². The lowest BCUT2D eigenvalue weighted by Crippen LogP contribution is -2.53. The lowest BCUT2D eigenvalue weighted by Gasteiger charge is -2.49. The summed E-state index contributed by atoms with van der Waals surface area (Å²) in [7, 11) is 1.71. The van der Waals surface area contributed by atoms with Crippen LogP contribution in [0.1, 0.15) is 89.7 Å². The van der Waals surface area contributed by atoms with Crippen LogP contribution in [0.3, 0.4) is 0 Å². The molecule has 4 aliphatic rings. The molecule has 2 heterocycles. The number of benzene rings is 1. The third kappa shape index (κ3) is 3.72. The maximum atomic E-state index is 12.8. The molecule has 1 aromatic rings. The van der Waals surface area contributed by atoms with Crippen LogP contribution in [0.2, 0.25) is 0 Å². The zero-order valence-corrected chi connectivity index (χ0v) is 21.5. The molecule has 0 aromatic heterocycles. The van der Waals surface area contributed by atoms with Crippen LogP contribution in [-0.2, 0) is 15.1 Å². The van der Waals surface area contributed by atoms with Crippen LogP contribution in [0.4, 0.5) is 0 Å². The summed E-state index contributed by atoms with van der Waals surface area (Å²) in [6.45, 7) is 9.26. The first kappa shape index (κ1) is 23.2. The SMILES string of the molecule is COc1ccc2c(c1)C1CC1(C(=O)Cl)CN1C(C)=CC(OC(C)(C)C)[C@@]21CC1CCCCC1. The van der Waals surface area contributed by atoms with E-state index in [0.29, 0.717) is 12.5 Å². The fraction of sp³-hybridized carbons (Fsp3) is 0.679. The number of rotatable bonds is 5. The van der Waals surface area contributed by atoms with Gasteiger partial charge in [0.1, 0.15) is 11.9 Å². The Labute approximate surface area is 203 Å². The first-order chi connectivity index (χ1) is 15.6. The van der Waals surface area contributed by atoms with Crippen LogP contribution in [0.5, 0.6) is 5.75 Å². The molecule has 2 aliphatic heterocycles. The fourth-order valence-corrected chi connectivity index (χ4v) is 7.23. The molecule has 1 aromatic carbocycles. The second-order valence-corrected chi connectivity index (χ2v) is 12.2. The lowest BCUT2D eigenvalue weighted by atomic mass is 9.72. The summed E-state index contributed by atoms with van der Waals surface area (Å²) in [5.74, 6) is 1.64. The smallest absolute Gasteiger partial charge is 0.230 e. The van der Waals surface area contributed by atoms with Gasteiger partial charge in [-0.2, -0.15) is 0 Å². The van der Waals surface area contributed by atoms with Crippen LogP contribution in [0.25, 0.3) is 0 Å². The first-order valence-corrected chi connectivity index (χ1v) is 13.0. The van der Waals surface area contributed by atoms with Crippen LogP contribution in [-0.4, -0.2) is 35.5 Å². The quantitative estimate of drug-likeness (QED) is 0.458. The topological polar surface area (TPSA) is 38.8 Å². The molecule has 3 unspecified atom stereocenters. The maximum Gasteiger partial charge on any atom is 0.230 e. The Morgan fingerprint density at radius 1 is 1.21 bits per heavy atom. The van der Waals surface area contributed by atoms with Crippen molar-refractivity contribution < 1.29 is 14.3 Å². The lowest BCUT2D eigenvalue weighted by molar-refractivity contribution is -0.121. The predicted molar refractivity (Wildman–Crippen MR) is 132 cm³/mol. The third-order valence-electron chi connectivity index (χ3n) is 8.58. The predicted octanol–water partition coefficient (Wildman–Crippen LogP) is 6.52. The second kappa shape index (κ2) is 8.02. The summed E-state index contributed by atoms with van der Waals surface area (Å²) in [6.07, 6.45) is 10.6. The molecule has 5 heteroatoms. The number of fused-ring (bicyclic) bond motifs is 5. The largest absolute Gasteiger partial charge is 0.497 e. The van der Waals surface area contributed by atoms with E-state index in [1.807, 2.05) is 0 Å². The number of ether oxygens (including phenoxy) is 2. The van der Waals surface area contributed by atoms with Crippen LogP contribution in [0.15, 0.2) is 30.0 Å². The first-order valence-electron chi connectivity index (χ1n) is 12.6. The summed E-state index contributed by atoms with van der Waals surface area (Å²) in [6, 6.07) is 6.50. The molecule has 2 saturated carbocycles. The highest BCUT2D eigenvalue weighted by molar-refractivity contribution is 6.65. The number of hydrogen-bond donors (Lipinski definition) is 0. The highest BCUT2D eigenvalue weighted by Crippen LogP contribution is 2.68. The van der Waals surface area contributed by atoms with Crippen molar-refractivity contribution in [3.63, 3.8) is 0 Å². The van der Waals surface area contributed by atoms with Gasteiger partial charge in [-0.05, 0) is 87.4 Å². The normalized spacial score (nSPS) is 33.5. The third-order valence-corrected chi connectivity index (χ3v) is 8.96. The van der Waals surface area contributed by atoms with E-state index in [1.165, 1.54) is 48.9 Å². The molecule has 0 N–H and O–H groups in total. The van der Waals surface area contributed by atoms with Crippen molar-refractivity contribution in [2.24, 2.45) is 11.3 Å². The van der Waals surface area contributed by atoms with Gasteiger partial charge < -0.3 is 14.4 Å². The highest BCUT2D eigenvalue weighted by atomic mass is 35.5. The van der Waals surface area contributed by atoms with Crippen molar-refractivity contribution in [3.8, 4) is 5.75 Å². The Kier molecular flexibility index (Phi) is 5.64. The number of halogens is 1. The molecular formula is C28H38ClNO3. The second-order valence-electron chi connectivity index (χ2n) is 11.8. The molecule has 0 spiro atoms. The molecule has 0 bridgehead atoms. The van der Waals surface area contributed by atoms with E-state index in [9.17, 15) is 4.79 Å². The van der Waals surface area contributed by atoms with Gasteiger partial charge in [-0.15, -0.1) is 0 Å². The average molecular weight is 472 g/mol. The molecule has 4 atom stereocenters. The number of methoxy groups -OCH3 is 1. The van der Waals surface area contributed by atoms with E-state index in [0.717, 1.165) is 18.6 Å². The minimum Gasteiger partial charge on any atom is -0.497 e. The Bertz CT molecular complexity index is 976. The molecule has 2 fully saturated rings. The van der Waals surface area contributed by atoms with Gasteiger partial charge in [-0.3, -0.25) is 4.79 Å². The zero-order chi connectivity index (χ0) is 23.6. The monoisotopic (exact) mass is 471 g/mol. The van der Waals surface area contributed by atoms with Gasteiger partial charge in [0.15, 0.2) is 0 Å². The summed E-state index contributed by atoms with van der Waals surface area (Å²) in [5.41, 5.74) is 2.60. The van der Waals surface area contributed by atoms with E-state index in [-0.39, 0.29) is 28.4 Å². The van der Waals surface area contributed by atoms with E-state index < -0.39 is 5.41 Å². The van der Waals surface area contributed by atoms with Crippen molar-refractivity contribution in [1.82, 2.24) is 4.90 Å². The number of hydrogen-bond acceptors (Lipinski definition) is 4. The van der Waals surface area contributed by atoms with Crippen molar-refractivity contribution in [2.75, 3.05) is 13.7 Å². The van der Waals surface area contributed by atoms with Gasteiger partial charge in [0, 0.05) is 18.2 Å². The summed E-state index contributed by atoms with van der Waals surface area (Å²) < 4.78 is 12.5. The molecule has 33 heavy (non-hydrogen) atoms. The van der Waals surface area contributed by atoms with Gasteiger partial charge >= 0.3 is 0 Å². The van der Waals surface area contributed by atoms with Crippen molar-refractivity contribution in [1.29, 1.82) is 0 Å². The summed E-state index contributed by atoms with van der Waals surface area (Å²) in [4.78, 5) is 15.3. The van der Waals surface area contributed by atoms with Gasteiger partial charge in [0.2, 0.25) is 5.24 Å². The maximum absolute atomic E-state index is 12.8. The van der Waals surface area contributed by atoms with Crippen molar-refractivity contribution in [2.45, 2.75) is 95.8 Å². The van der Waals surface area contributed by atoms with Gasteiger partial charge in [0.25, 0.3) is 0 Å². The molecule has 2 aliphatic carbocycles. The van der Waals surface area contributed by atoms with E-state index in [4.69, 9.17) is 21.1 Å². The Hall–Kier alpha value is -1.52. The minimum atomic E-state index is -0.525. The van der Waals surface area contributed by atoms with Gasteiger partial charge in [-0.25, -0.2) is 0 Å². The van der Waals surface area contributed by atoms with E-state index >= 15 is 0 Å². The Morgan fingerprint density at radius 3 is 2.58 bits per heavy atom. The fourth-order valence-electron chi connectivity index (χ4n) is 6.96. The average Bonchev–Trinajstić information content (AvgIpc) is 3.46. The summed E-state index contributed by atoms with van der Waals surface area (Å²) >= 11 is 6.32. The number of carbonyl (C=O) groups excluding carboxylic acids is 1. The van der Waals surface area contributed by atoms with E-state index in [1.54, 1.807) is 7.11 Å². The Balaban J connectivity index is 1.71. The molecule has 5 rings (SSSR count). The van der Waals surface area contributed by atoms with Gasteiger partial charge in [0.05, 0.1) is 23.7 Å². The zero-order valence-electron chi connectivity index (χ0n) is 20.7. The number of carbonyl (C=O) groups is 1. The number of allylic oxidation sites excluding steroid dienone is 1. The molecule has 0 amide bonds. The minimum absolute atomic E-state index is 0.0773. The standard InChI is InChI=1S/C28H38ClNO3/c1-18-13-24(33-26(2,3)4)28(15-19-9-7-6-8-10-19)22-12-11-20(32-5)14-21(22)23-16-27(23,25(29)31)17-30(18)28/h11-14,19,23-24H,6-10,15-17H2,1-5H3/t23?,24?,27?,28-/m1/s1. The molecular weight excluding hydrogens is 434 g/mol. The summed E-state index contributed by atoms with van der Waals surface area (Å²) in [5, 5.41) is -0.206. The van der Waals surface area contributed by atoms with Crippen LogP contribution < -0.4 is 4.74 Å². The van der Waals surface area contributed by atoms with Crippen LogP contribution in [0, 0.1) is 11.3 Å². The molecule has 0 radical (unpaired) electrons. The van der Waals surface area contributed by atoms with Crippen molar-refractivity contribution in [3.05, 3.63) is 41.1 Å². The Morgan fingerprint density at radius 2 is 1.94 bits per heavy atom. The van der Waals surface area contributed by atoms with Crippen LogP contribution >= 0.6 is 11.6 Å². The van der Waals surface area contributed by atoms with E-state index in [2.05, 4.69) is 56.9 Å².